The van der Waals surface area contributed by atoms with Crippen LogP contribution >= 0.6 is 0 Å². The van der Waals surface area contributed by atoms with Crippen molar-refractivity contribution in [3.05, 3.63) is 95.6 Å². The predicted octanol–water partition coefficient (Wildman–Crippen LogP) is 4.54. The van der Waals surface area contributed by atoms with Gasteiger partial charge in [0.2, 0.25) is 23.6 Å². The fourth-order valence-corrected chi connectivity index (χ4v) is 7.11. The zero-order chi connectivity index (χ0) is 41.8. The lowest BCUT2D eigenvalue weighted by Crippen LogP contribution is -2.64. The molecule has 5 atom stereocenters. The summed E-state index contributed by atoms with van der Waals surface area (Å²) >= 11 is 0. The van der Waals surface area contributed by atoms with Gasteiger partial charge in [0, 0.05) is 13.0 Å². The van der Waals surface area contributed by atoms with Crippen molar-refractivity contribution in [2.24, 2.45) is 0 Å². The molecule has 2 fully saturated rings. The fourth-order valence-electron chi connectivity index (χ4n) is 7.11. The van der Waals surface area contributed by atoms with Crippen LogP contribution in [-0.2, 0) is 35.1 Å². The van der Waals surface area contributed by atoms with Crippen LogP contribution in [0, 0.1) is 0 Å². The first-order valence-electron chi connectivity index (χ1n) is 19.8. The highest BCUT2D eigenvalue weighted by molar-refractivity contribution is 5.99. The van der Waals surface area contributed by atoms with Gasteiger partial charge in [0.15, 0.2) is 0 Å². The molecule has 2 saturated heterocycles. The fraction of sp³-hybridized carbons (Fsp3) is 0.455. The Hall–Kier alpha value is -5.92. The number of ether oxygens (including phenoxy) is 4. The number of carbonyl (C=O) groups excluding carboxylic acids is 6. The van der Waals surface area contributed by atoms with Crippen molar-refractivity contribution in [2.75, 3.05) is 20.8 Å². The van der Waals surface area contributed by atoms with Crippen molar-refractivity contribution < 1.29 is 47.7 Å². The molecular weight excluding hydrogens is 745 g/mol. The molecule has 2 heterocycles. The lowest BCUT2D eigenvalue weighted by Gasteiger charge is -2.34. The lowest BCUT2D eigenvalue weighted by molar-refractivity contribution is -0.144. The Morgan fingerprint density at radius 3 is 1.97 bits per heavy atom. The highest BCUT2D eigenvalue weighted by Gasteiger charge is 2.42. The molecule has 3 aromatic rings. The molecule has 3 aromatic carbocycles. The quantitative estimate of drug-likeness (QED) is 0.146. The Morgan fingerprint density at radius 2 is 1.36 bits per heavy atom. The van der Waals surface area contributed by atoms with Gasteiger partial charge in [-0.05, 0) is 107 Å². The minimum absolute atomic E-state index is 0.230. The highest BCUT2D eigenvalue weighted by atomic mass is 16.6. The molecule has 2 aliphatic heterocycles. The Balaban J connectivity index is 1.24. The SMILES string of the molecule is COc1ccc(C(=O)O[C@H](C)[C@@H](CCCCC[C@@H]2NC(=O)[C@H]3CCCN3C(=O)[C@H](Cc3ccccc3)NC(=O)C(C)(C)NC2=O)OC(=O)c2ccc(OC)cc2)cc1. The number of benzene rings is 3. The molecule has 3 N–H and O–H groups in total. The summed E-state index contributed by atoms with van der Waals surface area (Å²) in [4.78, 5) is 82.9. The predicted molar refractivity (Wildman–Crippen MR) is 214 cm³/mol. The summed E-state index contributed by atoms with van der Waals surface area (Å²) in [6.45, 7) is 5.14. The van der Waals surface area contributed by atoms with Gasteiger partial charge in [-0.2, -0.15) is 0 Å². The van der Waals surface area contributed by atoms with E-state index in [4.69, 9.17) is 18.9 Å². The Bertz CT molecular complexity index is 1900. The summed E-state index contributed by atoms with van der Waals surface area (Å²) < 4.78 is 22.0. The van der Waals surface area contributed by atoms with Gasteiger partial charge in [0.1, 0.15) is 47.4 Å². The van der Waals surface area contributed by atoms with E-state index in [1.54, 1.807) is 69.3 Å². The van der Waals surface area contributed by atoms with Crippen molar-refractivity contribution in [1.29, 1.82) is 0 Å². The van der Waals surface area contributed by atoms with Crippen molar-refractivity contribution in [1.82, 2.24) is 20.9 Å². The maximum Gasteiger partial charge on any atom is 0.338 e. The topological polar surface area (TPSA) is 179 Å². The molecule has 58 heavy (non-hydrogen) atoms. The van der Waals surface area contributed by atoms with Crippen LogP contribution < -0.4 is 25.4 Å². The number of hydrogen-bond donors (Lipinski definition) is 3. The Morgan fingerprint density at radius 1 is 0.759 bits per heavy atom. The number of nitrogens with zero attached hydrogens (tertiary/aromatic N) is 1. The van der Waals surface area contributed by atoms with Gasteiger partial charge in [-0.25, -0.2) is 9.59 Å². The molecule has 2 aliphatic rings. The molecule has 0 bridgehead atoms. The smallest absolute Gasteiger partial charge is 0.338 e. The molecule has 0 aliphatic carbocycles. The summed E-state index contributed by atoms with van der Waals surface area (Å²) in [7, 11) is 3.05. The molecule has 4 amide bonds. The molecule has 310 valence electrons. The summed E-state index contributed by atoms with van der Waals surface area (Å²) in [6, 6.07) is 19.6. The van der Waals surface area contributed by atoms with Crippen LogP contribution in [0.25, 0.3) is 0 Å². The number of esters is 2. The molecule has 0 unspecified atom stereocenters. The van der Waals surface area contributed by atoms with Crippen LogP contribution in [0.5, 0.6) is 11.5 Å². The Kier molecular flexibility index (Phi) is 14.9. The van der Waals surface area contributed by atoms with E-state index in [1.807, 2.05) is 30.3 Å². The number of carbonyl (C=O) groups is 6. The molecule has 0 aromatic heterocycles. The number of fused-ring (bicyclic) bond motifs is 1. The number of amides is 4. The maximum atomic E-state index is 13.9. The van der Waals surface area contributed by atoms with Crippen molar-refractivity contribution >= 4 is 35.6 Å². The maximum absolute atomic E-state index is 13.9. The van der Waals surface area contributed by atoms with E-state index in [0.29, 0.717) is 67.7 Å². The molecule has 5 rings (SSSR count). The molecule has 14 nitrogen and oxygen atoms in total. The normalized spacial score (nSPS) is 20.5. The summed E-state index contributed by atoms with van der Waals surface area (Å²) in [6.07, 6.45) is 1.79. The van der Waals surface area contributed by atoms with Gasteiger partial charge < -0.3 is 39.8 Å². The zero-order valence-corrected chi connectivity index (χ0v) is 33.8. The zero-order valence-electron chi connectivity index (χ0n) is 33.8. The van der Waals surface area contributed by atoms with E-state index in [1.165, 1.54) is 19.1 Å². The first-order chi connectivity index (χ1) is 27.8. The summed E-state index contributed by atoms with van der Waals surface area (Å²) in [5.74, 6) is -1.83. The second-order valence-electron chi connectivity index (χ2n) is 15.2. The average Bonchev–Trinajstić information content (AvgIpc) is 3.72. The first-order valence-corrected chi connectivity index (χ1v) is 19.8. The number of methoxy groups -OCH3 is 2. The van der Waals surface area contributed by atoms with E-state index in [2.05, 4.69) is 16.0 Å². The molecule has 0 radical (unpaired) electrons. The number of unbranched alkanes of at least 4 members (excludes halogenated alkanes) is 2. The van der Waals surface area contributed by atoms with Gasteiger partial charge in [-0.1, -0.05) is 43.2 Å². The van der Waals surface area contributed by atoms with E-state index >= 15 is 0 Å². The summed E-state index contributed by atoms with van der Waals surface area (Å²) in [5, 5.41) is 8.55. The second-order valence-corrected chi connectivity index (χ2v) is 15.2. The van der Waals surface area contributed by atoms with Crippen LogP contribution in [0.4, 0.5) is 0 Å². The number of nitrogens with one attached hydrogen (secondary N) is 3. The first kappa shape index (κ1) is 43.2. The third-order valence-electron chi connectivity index (χ3n) is 10.6. The second kappa shape index (κ2) is 20.0. The van der Waals surface area contributed by atoms with Crippen LogP contribution in [0.1, 0.15) is 92.0 Å². The van der Waals surface area contributed by atoms with E-state index in [9.17, 15) is 28.8 Å². The molecule has 14 heteroatoms. The van der Waals surface area contributed by atoms with Gasteiger partial charge in [0.25, 0.3) is 0 Å². The van der Waals surface area contributed by atoms with E-state index in [0.717, 1.165) is 5.56 Å². The third kappa shape index (κ3) is 11.4. The van der Waals surface area contributed by atoms with Gasteiger partial charge in [-0.15, -0.1) is 0 Å². The van der Waals surface area contributed by atoms with Crippen LogP contribution in [0.3, 0.4) is 0 Å². The van der Waals surface area contributed by atoms with E-state index < -0.39 is 65.5 Å². The highest BCUT2D eigenvalue weighted by Crippen LogP contribution is 2.23. The third-order valence-corrected chi connectivity index (χ3v) is 10.6. The average molecular weight is 799 g/mol. The standard InChI is InChI=1S/C44H54N4O10/c1-28(57-41(52)30-18-22-32(55-4)23-19-30)37(58-42(53)31-20-24-33(56-5)25-21-31)17-11-7-10-15-34-38(49)47-44(2,3)43(54)46-35(27-29-13-8-6-9-14-29)40(51)48-26-12-16-36(48)39(50)45-34/h6,8-9,13-14,18-25,28,34-37H,7,10-12,15-17,26-27H2,1-5H3,(H,45,50)(H,46,54)(H,47,49)/t28-,34+,35+,36-,37-/m1/s1. The lowest BCUT2D eigenvalue weighted by atomic mass is 9.98. The Labute approximate surface area is 339 Å². The number of hydrogen-bond acceptors (Lipinski definition) is 10. The monoisotopic (exact) mass is 798 g/mol. The minimum Gasteiger partial charge on any atom is -0.497 e. The minimum atomic E-state index is -1.40. The van der Waals surface area contributed by atoms with Crippen LogP contribution in [0.15, 0.2) is 78.9 Å². The van der Waals surface area contributed by atoms with Crippen molar-refractivity contribution in [2.45, 2.75) is 108 Å². The van der Waals surface area contributed by atoms with Crippen molar-refractivity contribution in [3.63, 3.8) is 0 Å². The van der Waals surface area contributed by atoms with Gasteiger partial charge >= 0.3 is 11.9 Å². The van der Waals surface area contributed by atoms with Gasteiger partial charge in [-0.3, -0.25) is 19.2 Å². The molecule has 0 spiro atoms. The largest absolute Gasteiger partial charge is 0.497 e. The van der Waals surface area contributed by atoms with E-state index in [-0.39, 0.29) is 18.7 Å². The van der Waals surface area contributed by atoms with Crippen molar-refractivity contribution in [3.8, 4) is 11.5 Å². The molecular formula is C44H54N4O10. The number of rotatable bonds is 15. The van der Waals surface area contributed by atoms with Crippen LogP contribution in [0.2, 0.25) is 0 Å². The molecule has 0 saturated carbocycles. The van der Waals surface area contributed by atoms with Gasteiger partial charge in [0.05, 0.1) is 25.3 Å². The van der Waals surface area contributed by atoms with Crippen LogP contribution in [-0.4, -0.2) is 97.1 Å². The summed E-state index contributed by atoms with van der Waals surface area (Å²) in [5.41, 5.74) is 0.0536.